The summed E-state index contributed by atoms with van der Waals surface area (Å²) in [4.78, 5) is 57.2. The van der Waals surface area contributed by atoms with Gasteiger partial charge in [0.05, 0.1) is 23.7 Å². The highest BCUT2D eigenvalue weighted by Gasteiger charge is 2.42. The van der Waals surface area contributed by atoms with Gasteiger partial charge in [-0.2, -0.15) is 4.98 Å². The van der Waals surface area contributed by atoms with Crippen LogP contribution in [-0.4, -0.2) is 44.9 Å². The van der Waals surface area contributed by atoms with Crippen molar-refractivity contribution in [2.24, 2.45) is 0 Å². The Morgan fingerprint density at radius 1 is 0.914 bits per heavy atom. The second-order valence-corrected chi connectivity index (χ2v) is 9.19. The van der Waals surface area contributed by atoms with E-state index in [-0.39, 0.29) is 28.9 Å². The number of nitrogens with one attached hydrogen (secondary N) is 5. The molecule has 7 rings (SSSR count). The van der Waals surface area contributed by atoms with E-state index in [1.165, 1.54) is 6.33 Å². The molecule has 12 nitrogen and oxygen atoms in total. The molecule has 1 aliphatic rings. The van der Waals surface area contributed by atoms with Gasteiger partial charge in [-0.05, 0) is 52.0 Å². The Morgan fingerprint density at radius 3 is 2.71 bits per heavy atom. The topological polar surface area (TPSA) is 174 Å². The Labute approximate surface area is 202 Å². The van der Waals surface area contributed by atoms with Crippen molar-refractivity contribution in [3.05, 3.63) is 73.6 Å². The van der Waals surface area contributed by atoms with Gasteiger partial charge in [-0.25, -0.2) is 15.0 Å². The molecule has 1 saturated carbocycles. The van der Waals surface area contributed by atoms with Gasteiger partial charge in [0.25, 0.3) is 11.1 Å². The predicted molar refractivity (Wildman–Crippen MR) is 132 cm³/mol. The highest BCUT2D eigenvalue weighted by atomic mass is 79.9. The van der Waals surface area contributed by atoms with Crippen molar-refractivity contribution in [3.63, 3.8) is 0 Å². The van der Waals surface area contributed by atoms with E-state index in [0.29, 0.717) is 32.7 Å². The van der Waals surface area contributed by atoms with Crippen molar-refractivity contribution >= 4 is 60.8 Å². The van der Waals surface area contributed by atoms with Gasteiger partial charge in [0.2, 0.25) is 5.95 Å². The summed E-state index contributed by atoms with van der Waals surface area (Å²) in [6.07, 6.45) is 4.04. The minimum atomic E-state index is -0.305. The molecule has 1 unspecified atom stereocenters. The number of H-pyrrole nitrogens is 4. The van der Waals surface area contributed by atoms with E-state index >= 15 is 0 Å². The van der Waals surface area contributed by atoms with Crippen LogP contribution in [0.5, 0.6) is 0 Å². The molecular weight excluding hydrogens is 516 g/mol. The Morgan fingerprint density at radius 2 is 1.80 bits per heavy atom. The van der Waals surface area contributed by atoms with Gasteiger partial charge in [-0.1, -0.05) is 6.07 Å². The molecule has 1 aromatic carbocycles. The summed E-state index contributed by atoms with van der Waals surface area (Å²) in [5, 5.41) is 4.05. The van der Waals surface area contributed by atoms with Crippen LogP contribution in [0.4, 0.5) is 11.6 Å². The zero-order valence-corrected chi connectivity index (χ0v) is 19.3. The van der Waals surface area contributed by atoms with Crippen molar-refractivity contribution in [3.8, 4) is 0 Å². The monoisotopic (exact) mass is 530 g/mol. The fourth-order valence-corrected chi connectivity index (χ4v) is 4.78. The second-order valence-electron chi connectivity index (χ2n) is 8.44. The van der Waals surface area contributed by atoms with E-state index < -0.39 is 0 Å². The lowest BCUT2D eigenvalue weighted by molar-refractivity contribution is 0.936. The van der Waals surface area contributed by atoms with Gasteiger partial charge in [0.1, 0.15) is 5.82 Å². The number of anilines is 2. The molecule has 5 aromatic heterocycles. The van der Waals surface area contributed by atoms with E-state index in [1.54, 1.807) is 6.20 Å². The molecule has 2 atom stereocenters. The summed E-state index contributed by atoms with van der Waals surface area (Å²) in [6.45, 7) is 0. The van der Waals surface area contributed by atoms with Crippen molar-refractivity contribution in [2.75, 3.05) is 5.32 Å². The number of rotatable bonds is 4. The van der Waals surface area contributed by atoms with Crippen LogP contribution in [-0.2, 0) is 0 Å². The molecule has 6 aromatic rings. The molecular formula is C22H15BrN10O2. The first kappa shape index (κ1) is 20.0. The molecule has 5 N–H and O–H groups in total. The number of fused-ring (bicyclic) bond motifs is 3. The van der Waals surface area contributed by atoms with Crippen LogP contribution >= 0.6 is 15.9 Å². The van der Waals surface area contributed by atoms with Crippen LogP contribution in [0.1, 0.15) is 29.6 Å². The molecule has 0 bridgehead atoms. The summed E-state index contributed by atoms with van der Waals surface area (Å²) < 4.78 is 0.357. The lowest BCUT2D eigenvalue weighted by Gasteiger charge is -2.07. The molecule has 0 spiro atoms. The molecule has 5 heterocycles. The lowest BCUT2D eigenvalue weighted by Crippen LogP contribution is -2.11. The van der Waals surface area contributed by atoms with Gasteiger partial charge in [-0.15, -0.1) is 0 Å². The van der Waals surface area contributed by atoms with E-state index in [9.17, 15) is 9.59 Å². The Bertz CT molecular complexity index is 1900. The van der Waals surface area contributed by atoms with Gasteiger partial charge in [-0.3, -0.25) is 24.5 Å². The number of benzene rings is 1. The Kier molecular flexibility index (Phi) is 4.18. The first-order valence-electron chi connectivity index (χ1n) is 10.8. The third-order valence-corrected chi connectivity index (χ3v) is 6.56. The Balaban J connectivity index is 1.18. The average molecular weight is 531 g/mol. The fourth-order valence-electron chi connectivity index (χ4n) is 4.43. The van der Waals surface area contributed by atoms with E-state index in [0.717, 1.165) is 28.7 Å². The van der Waals surface area contributed by atoms with Crippen molar-refractivity contribution < 1.29 is 0 Å². The number of imidazole rings is 2. The molecule has 0 aliphatic heterocycles. The van der Waals surface area contributed by atoms with Crippen LogP contribution in [0.15, 0.2) is 51.1 Å². The smallest absolute Gasteiger partial charge is 0.278 e. The highest BCUT2D eigenvalue weighted by molar-refractivity contribution is 9.10. The zero-order valence-electron chi connectivity index (χ0n) is 17.8. The summed E-state index contributed by atoms with van der Waals surface area (Å²) in [5.41, 5.74) is 3.59. The molecule has 172 valence electrons. The van der Waals surface area contributed by atoms with Crippen LogP contribution < -0.4 is 16.4 Å². The number of nitrogens with zero attached hydrogens (tertiary/aromatic N) is 5. The van der Waals surface area contributed by atoms with E-state index in [4.69, 9.17) is 0 Å². The number of pyridine rings is 1. The van der Waals surface area contributed by atoms with Crippen molar-refractivity contribution in [2.45, 2.75) is 18.3 Å². The molecule has 0 radical (unpaired) electrons. The molecule has 35 heavy (non-hydrogen) atoms. The molecule has 0 saturated heterocycles. The first-order chi connectivity index (χ1) is 17.0. The van der Waals surface area contributed by atoms with Crippen LogP contribution in [0.25, 0.3) is 33.2 Å². The summed E-state index contributed by atoms with van der Waals surface area (Å²) in [5.74, 6) is 1.51. The first-order valence-corrected chi connectivity index (χ1v) is 11.6. The number of halogens is 1. The van der Waals surface area contributed by atoms with E-state index in [1.807, 2.05) is 12.1 Å². The third-order valence-electron chi connectivity index (χ3n) is 6.18. The molecule has 1 aliphatic carbocycles. The van der Waals surface area contributed by atoms with Crippen molar-refractivity contribution in [1.82, 2.24) is 44.9 Å². The SMILES string of the molecule is O=c1[nH]c(Nc2cnc3ccc(C4C[C@@H]4c4nc5nc(Br)[nH]c(=O)c5[nH]4)cc3c2)nc2nc[nH]c12. The standard InChI is InChI=1S/C22H15BrN10O2/c23-21-30-18-15(20(35)32-21)28-16(29-18)12-5-11(12)8-1-2-13-9(3-8)4-10(6-24-13)27-22-31-17-14(19(34)33-22)25-7-26-17/h1-4,6-7,11-12H,5H2,(H2,28,29,30,32,35)(H3,25,26,27,31,33,34)/t11?,12-/m0/s1. The summed E-state index contributed by atoms with van der Waals surface area (Å²) >= 11 is 3.20. The minimum absolute atomic E-state index is 0.184. The van der Waals surface area contributed by atoms with Crippen molar-refractivity contribution in [1.29, 1.82) is 0 Å². The normalized spacial score (nSPS) is 17.4. The largest absolute Gasteiger partial charge is 0.339 e. The van der Waals surface area contributed by atoms with Crippen LogP contribution in [0.2, 0.25) is 0 Å². The fraction of sp³-hybridized carbons (Fsp3) is 0.136. The third kappa shape index (κ3) is 3.39. The predicted octanol–water partition coefficient (Wildman–Crippen LogP) is 2.93. The number of hydrogen-bond acceptors (Lipinski definition) is 8. The maximum atomic E-state index is 12.2. The van der Waals surface area contributed by atoms with Crippen LogP contribution in [0.3, 0.4) is 0 Å². The Hall–Kier alpha value is -4.39. The minimum Gasteiger partial charge on any atom is -0.339 e. The van der Waals surface area contributed by atoms with E-state index in [2.05, 4.69) is 78.2 Å². The van der Waals surface area contributed by atoms with Crippen LogP contribution in [0, 0.1) is 0 Å². The van der Waals surface area contributed by atoms with Gasteiger partial charge >= 0.3 is 0 Å². The quantitative estimate of drug-likeness (QED) is 0.216. The number of hydrogen-bond donors (Lipinski definition) is 5. The number of aromatic amines is 4. The molecule has 1 fully saturated rings. The lowest BCUT2D eigenvalue weighted by atomic mass is 10.1. The molecule has 13 heteroatoms. The maximum absolute atomic E-state index is 12.2. The second kappa shape index (κ2) is 7.30. The highest BCUT2D eigenvalue weighted by Crippen LogP contribution is 2.54. The zero-order chi connectivity index (χ0) is 23.7. The number of aromatic nitrogens is 9. The summed E-state index contributed by atoms with van der Waals surface area (Å²) in [7, 11) is 0. The average Bonchev–Trinajstić information content (AvgIpc) is 3.26. The summed E-state index contributed by atoms with van der Waals surface area (Å²) in [6, 6.07) is 8.12. The maximum Gasteiger partial charge on any atom is 0.278 e. The van der Waals surface area contributed by atoms with Gasteiger partial charge in [0.15, 0.2) is 27.1 Å². The van der Waals surface area contributed by atoms with Gasteiger partial charge < -0.3 is 15.3 Å². The molecule has 0 amide bonds. The van der Waals surface area contributed by atoms with Gasteiger partial charge in [0, 0.05) is 11.3 Å².